The lowest BCUT2D eigenvalue weighted by atomic mass is 10.2. The van der Waals surface area contributed by atoms with Gasteiger partial charge in [0, 0.05) is 30.1 Å². The van der Waals surface area contributed by atoms with Crippen molar-refractivity contribution in [2.75, 3.05) is 21.3 Å². The molecule has 0 saturated heterocycles. The number of hydrogen-bond donors (Lipinski definition) is 2. The van der Waals surface area contributed by atoms with Crippen molar-refractivity contribution < 1.29 is 9.47 Å². The SMILES string of the molecule is CN=C(NCc1cccs1)NCc1ccc(OC)cc1OC.I. The zero-order chi connectivity index (χ0) is 15.8. The van der Waals surface area contributed by atoms with Gasteiger partial charge < -0.3 is 20.1 Å². The highest BCUT2D eigenvalue weighted by Crippen LogP contribution is 2.24. The number of guanidine groups is 1. The first kappa shape index (κ1) is 19.6. The number of aliphatic imine (C=N–C) groups is 1. The van der Waals surface area contributed by atoms with Crippen LogP contribution < -0.4 is 20.1 Å². The molecule has 126 valence electrons. The van der Waals surface area contributed by atoms with Crippen LogP contribution in [0.3, 0.4) is 0 Å². The van der Waals surface area contributed by atoms with Gasteiger partial charge in [-0.3, -0.25) is 4.99 Å². The molecule has 7 heteroatoms. The summed E-state index contributed by atoms with van der Waals surface area (Å²) in [6.07, 6.45) is 0. The van der Waals surface area contributed by atoms with Gasteiger partial charge in [-0.05, 0) is 23.6 Å². The summed E-state index contributed by atoms with van der Waals surface area (Å²) in [5.41, 5.74) is 1.04. The number of nitrogens with zero attached hydrogens (tertiary/aromatic N) is 1. The van der Waals surface area contributed by atoms with Crippen molar-refractivity contribution >= 4 is 41.3 Å². The second-order valence-electron chi connectivity index (χ2n) is 4.54. The Balaban J connectivity index is 0.00000264. The van der Waals surface area contributed by atoms with E-state index in [1.54, 1.807) is 32.6 Å². The molecule has 1 heterocycles. The average molecular weight is 447 g/mol. The first-order valence-corrected chi connectivity index (χ1v) is 7.82. The molecule has 0 fully saturated rings. The summed E-state index contributed by atoms with van der Waals surface area (Å²) in [7, 11) is 5.06. The van der Waals surface area contributed by atoms with E-state index >= 15 is 0 Å². The minimum absolute atomic E-state index is 0. The lowest BCUT2D eigenvalue weighted by molar-refractivity contribution is 0.390. The van der Waals surface area contributed by atoms with E-state index in [2.05, 4.69) is 27.1 Å². The predicted molar refractivity (Wildman–Crippen MR) is 106 cm³/mol. The van der Waals surface area contributed by atoms with Gasteiger partial charge in [0.2, 0.25) is 0 Å². The Morgan fingerprint density at radius 3 is 2.52 bits per heavy atom. The van der Waals surface area contributed by atoms with Crippen LogP contribution in [0, 0.1) is 0 Å². The molecule has 1 aromatic carbocycles. The quantitative estimate of drug-likeness (QED) is 0.406. The Morgan fingerprint density at radius 2 is 1.91 bits per heavy atom. The molecule has 23 heavy (non-hydrogen) atoms. The van der Waals surface area contributed by atoms with E-state index in [1.807, 2.05) is 24.3 Å². The molecule has 2 N–H and O–H groups in total. The normalized spacial score (nSPS) is 10.7. The number of nitrogens with one attached hydrogen (secondary N) is 2. The van der Waals surface area contributed by atoms with Crippen LogP contribution >= 0.6 is 35.3 Å². The van der Waals surface area contributed by atoms with E-state index in [1.165, 1.54) is 4.88 Å². The number of halogens is 1. The van der Waals surface area contributed by atoms with Crippen molar-refractivity contribution in [2.45, 2.75) is 13.1 Å². The maximum absolute atomic E-state index is 5.39. The van der Waals surface area contributed by atoms with E-state index in [0.717, 1.165) is 29.6 Å². The smallest absolute Gasteiger partial charge is 0.191 e. The molecule has 0 atom stereocenters. The Morgan fingerprint density at radius 1 is 1.13 bits per heavy atom. The van der Waals surface area contributed by atoms with Crippen molar-refractivity contribution in [2.24, 2.45) is 4.99 Å². The molecule has 0 spiro atoms. The predicted octanol–water partition coefficient (Wildman–Crippen LogP) is 3.25. The van der Waals surface area contributed by atoms with Crippen LogP contribution in [0.2, 0.25) is 0 Å². The highest BCUT2D eigenvalue weighted by atomic mass is 127. The Labute approximate surface area is 158 Å². The number of rotatable bonds is 6. The van der Waals surface area contributed by atoms with Crippen LogP contribution in [0.5, 0.6) is 11.5 Å². The summed E-state index contributed by atoms with van der Waals surface area (Å²) in [6, 6.07) is 9.91. The summed E-state index contributed by atoms with van der Waals surface area (Å²) in [5, 5.41) is 8.63. The molecule has 1 aromatic heterocycles. The Hall–Kier alpha value is -1.48. The van der Waals surface area contributed by atoms with Crippen molar-refractivity contribution in [1.82, 2.24) is 10.6 Å². The summed E-state index contributed by atoms with van der Waals surface area (Å²) in [4.78, 5) is 5.49. The van der Waals surface area contributed by atoms with Gasteiger partial charge in [-0.15, -0.1) is 35.3 Å². The summed E-state index contributed by atoms with van der Waals surface area (Å²) >= 11 is 1.72. The third kappa shape index (κ3) is 5.91. The summed E-state index contributed by atoms with van der Waals surface area (Å²) in [5.74, 6) is 2.33. The van der Waals surface area contributed by atoms with Crippen molar-refractivity contribution in [1.29, 1.82) is 0 Å². The van der Waals surface area contributed by atoms with Crippen molar-refractivity contribution in [3.8, 4) is 11.5 Å². The zero-order valence-electron chi connectivity index (χ0n) is 13.5. The molecular formula is C16H22IN3O2S. The van der Waals surface area contributed by atoms with Gasteiger partial charge >= 0.3 is 0 Å². The molecule has 0 aliphatic carbocycles. The molecule has 5 nitrogen and oxygen atoms in total. The van der Waals surface area contributed by atoms with Crippen LogP contribution in [0.15, 0.2) is 40.7 Å². The standard InChI is InChI=1S/C16H21N3O2S.HI/c1-17-16(19-11-14-5-4-8-22-14)18-10-12-6-7-13(20-2)9-15(12)21-3;/h4-9H,10-11H2,1-3H3,(H2,17,18,19);1H. The lowest BCUT2D eigenvalue weighted by Crippen LogP contribution is -2.36. The second-order valence-corrected chi connectivity index (χ2v) is 5.57. The van der Waals surface area contributed by atoms with E-state index in [4.69, 9.17) is 9.47 Å². The van der Waals surface area contributed by atoms with Gasteiger partial charge in [-0.2, -0.15) is 0 Å². The molecule has 0 aliphatic heterocycles. The van der Waals surface area contributed by atoms with E-state index in [9.17, 15) is 0 Å². The fourth-order valence-corrected chi connectivity index (χ4v) is 2.63. The fraction of sp³-hybridized carbons (Fsp3) is 0.312. The molecule has 0 radical (unpaired) electrons. The first-order chi connectivity index (χ1) is 10.8. The van der Waals surface area contributed by atoms with Gasteiger partial charge in [-0.1, -0.05) is 6.07 Å². The van der Waals surface area contributed by atoms with E-state index in [-0.39, 0.29) is 24.0 Å². The number of methoxy groups -OCH3 is 2. The largest absolute Gasteiger partial charge is 0.497 e. The second kappa shape index (κ2) is 10.3. The highest BCUT2D eigenvalue weighted by Gasteiger charge is 2.06. The molecule has 0 unspecified atom stereocenters. The fourth-order valence-electron chi connectivity index (χ4n) is 1.98. The van der Waals surface area contributed by atoms with Crippen LogP contribution in [-0.4, -0.2) is 27.2 Å². The topological polar surface area (TPSA) is 54.9 Å². The molecule has 0 bridgehead atoms. The molecule has 2 rings (SSSR count). The molecule has 2 aromatic rings. The van der Waals surface area contributed by atoms with Crippen LogP contribution in [0.1, 0.15) is 10.4 Å². The monoisotopic (exact) mass is 447 g/mol. The minimum atomic E-state index is 0. The minimum Gasteiger partial charge on any atom is -0.497 e. The third-order valence-corrected chi connectivity index (χ3v) is 4.05. The number of ether oxygens (including phenoxy) is 2. The van der Waals surface area contributed by atoms with Crippen LogP contribution in [0.4, 0.5) is 0 Å². The van der Waals surface area contributed by atoms with Gasteiger partial charge in [0.05, 0.1) is 20.8 Å². The van der Waals surface area contributed by atoms with Gasteiger partial charge in [0.15, 0.2) is 5.96 Å². The number of benzene rings is 1. The van der Waals surface area contributed by atoms with Gasteiger partial charge in [0.25, 0.3) is 0 Å². The molecule has 0 aliphatic rings. The van der Waals surface area contributed by atoms with Crippen LogP contribution in [-0.2, 0) is 13.1 Å². The Kier molecular flexibility index (Phi) is 8.78. The number of thiophene rings is 1. The van der Waals surface area contributed by atoms with Gasteiger partial charge in [0.1, 0.15) is 11.5 Å². The Bertz CT molecular complexity index is 618. The first-order valence-electron chi connectivity index (χ1n) is 6.94. The van der Waals surface area contributed by atoms with E-state index < -0.39 is 0 Å². The molecular weight excluding hydrogens is 425 g/mol. The maximum Gasteiger partial charge on any atom is 0.191 e. The number of hydrogen-bond acceptors (Lipinski definition) is 4. The molecule has 0 saturated carbocycles. The van der Waals surface area contributed by atoms with Gasteiger partial charge in [-0.25, -0.2) is 0 Å². The zero-order valence-corrected chi connectivity index (χ0v) is 16.6. The van der Waals surface area contributed by atoms with Crippen molar-refractivity contribution in [3.63, 3.8) is 0 Å². The third-order valence-electron chi connectivity index (χ3n) is 3.17. The summed E-state index contributed by atoms with van der Waals surface area (Å²) in [6.45, 7) is 1.38. The molecule has 0 amide bonds. The van der Waals surface area contributed by atoms with E-state index in [0.29, 0.717) is 6.54 Å². The maximum atomic E-state index is 5.39. The average Bonchev–Trinajstić information content (AvgIpc) is 3.08. The summed E-state index contributed by atoms with van der Waals surface area (Å²) < 4.78 is 10.6. The van der Waals surface area contributed by atoms with Crippen molar-refractivity contribution in [3.05, 3.63) is 46.2 Å². The highest BCUT2D eigenvalue weighted by molar-refractivity contribution is 14.0. The van der Waals surface area contributed by atoms with Crippen LogP contribution in [0.25, 0.3) is 0 Å². The lowest BCUT2D eigenvalue weighted by Gasteiger charge is -2.14.